The molecule has 4 aliphatic rings. The van der Waals surface area contributed by atoms with E-state index in [2.05, 4.69) is 29.6 Å². The first-order valence-corrected chi connectivity index (χ1v) is 11.5. The summed E-state index contributed by atoms with van der Waals surface area (Å²) in [5.41, 5.74) is 4.78. The van der Waals surface area contributed by atoms with Gasteiger partial charge in [0.05, 0.1) is 22.5 Å². The molecule has 1 heterocycles. The number of halogens is 2. The maximum Gasteiger partial charge on any atom is 0.244 e. The van der Waals surface area contributed by atoms with Crippen LogP contribution in [0.3, 0.4) is 0 Å². The van der Waals surface area contributed by atoms with Crippen molar-refractivity contribution < 1.29 is 14.4 Å². The molecule has 1 saturated heterocycles. The Balaban J connectivity index is 1.34. The normalized spacial score (nSPS) is 24.4. The Labute approximate surface area is 200 Å². The van der Waals surface area contributed by atoms with Crippen LogP contribution >= 0.6 is 23.2 Å². The van der Waals surface area contributed by atoms with Crippen molar-refractivity contribution in [1.82, 2.24) is 4.90 Å². The van der Waals surface area contributed by atoms with Gasteiger partial charge in [-0.25, -0.2) is 0 Å². The lowest BCUT2D eigenvalue weighted by atomic mass is 9.55. The smallest absolute Gasteiger partial charge is 0.244 e. The zero-order valence-electron chi connectivity index (χ0n) is 17.3. The topological polar surface area (TPSA) is 66.5 Å². The van der Waals surface area contributed by atoms with Crippen LogP contribution < -0.4 is 5.32 Å². The van der Waals surface area contributed by atoms with E-state index in [0.717, 1.165) is 27.2 Å². The Morgan fingerprint density at radius 3 is 1.73 bits per heavy atom. The maximum atomic E-state index is 13.5. The largest absolute Gasteiger partial charge is 0.323 e. The molecule has 3 amide bonds. The van der Waals surface area contributed by atoms with E-state index < -0.39 is 17.7 Å². The highest BCUT2D eigenvalue weighted by atomic mass is 35.5. The van der Waals surface area contributed by atoms with Crippen LogP contribution in [-0.2, 0) is 14.4 Å². The summed E-state index contributed by atoms with van der Waals surface area (Å²) >= 11 is 12.1. The first kappa shape index (κ1) is 20.5. The molecule has 7 heteroatoms. The predicted octanol–water partition coefficient (Wildman–Crippen LogP) is 4.82. The van der Waals surface area contributed by atoms with Crippen molar-refractivity contribution in [3.05, 3.63) is 99.0 Å². The number of imide groups is 1. The van der Waals surface area contributed by atoms with E-state index in [1.807, 2.05) is 24.3 Å². The summed E-state index contributed by atoms with van der Waals surface area (Å²) in [5.74, 6) is -2.45. The molecule has 3 aliphatic carbocycles. The summed E-state index contributed by atoms with van der Waals surface area (Å²) < 4.78 is 0. The van der Waals surface area contributed by atoms with Gasteiger partial charge in [-0.1, -0.05) is 71.7 Å². The van der Waals surface area contributed by atoms with E-state index in [9.17, 15) is 14.4 Å². The molecule has 2 atom stereocenters. The highest BCUT2D eigenvalue weighted by molar-refractivity contribution is 6.36. The van der Waals surface area contributed by atoms with E-state index in [1.165, 1.54) is 6.07 Å². The molecule has 164 valence electrons. The molecule has 0 unspecified atom stereocenters. The second-order valence-electron chi connectivity index (χ2n) is 8.70. The number of anilines is 1. The lowest BCUT2D eigenvalue weighted by Crippen LogP contribution is -2.41. The zero-order chi connectivity index (χ0) is 22.9. The fourth-order valence-electron chi connectivity index (χ4n) is 5.82. The number of rotatable bonds is 3. The molecule has 3 aromatic rings. The average molecular weight is 477 g/mol. The number of nitrogens with one attached hydrogen (secondary N) is 1. The van der Waals surface area contributed by atoms with Gasteiger partial charge in [-0.2, -0.15) is 0 Å². The van der Waals surface area contributed by atoms with Gasteiger partial charge in [-0.05, 0) is 40.5 Å². The molecule has 0 spiro atoms. The molecule has 0 radical (unpaired) electrons. The van der Waals surface area contributed by atoms with Crippen molar-refractivity contribution in [3.63, 3.8) is 0 Å². The molecular weight excluding hydrogens is 459 g/mol. The molecule has 1 aliphatic heterocycles. The van der Waals surface area contributed by atoms with Crippen molar-refractivity contribution in [2.24, 2.45) is 11.8 Å². The summed E-state index contributed by atoms with van der Waals surface area (Å²) in [6.07, 6.45) is 0. The first-order valence-electron chi connectivity index (χ1n) is 10.7. The summed E-state index contributed by atoms with van der Waals surface area (Å²) in [4.78, 5) is 41.0. The minimum absolute atomic E-state index is 0.192. The Bertz CT molecular complexity index is 1240. The molecular formula is C26H18Cl2N2O3. The highest BCUT2D eigenvalue weighted by Crippen LogP contribution is 2.60. The van der Waals surface area contributed by atoms with Crippen molar-refractivity contribution in [3.8, 4) is 0 Å². The molecule has 5 nitrogen and oxygen atoms in total. The van der Waals surface area contributed by atoms with Crippen LogP contribution in [0.15, 0.2) is 66.7 Å². The Hall–Kier alpha value is -3.15. The van der Waals surface area contributed by atoms with Gasteiger partial charge in [-0.15, -0.1) is 0 Å². The third-order valence-corrected chi connectivity index (χ3v) is 7.59. The van der Waals surface area contributed by atoms with E-state index in [0.29, 0.717) is 10.7 Å². The lowest BCUT2D eigenvalue weighted by molar-refractivity contribution is -0.142. The molecule has 1 fully saturated rings. The van der Waals surface area contributed by atoms with E-state index in [4.69, 9.17) is 23.2 Å². The third-order valence-electron chi connectivity index (χ3n) is 7.05. The standard InChI is InChI=1S/C26H18Cl2N2O3/c27-13-9-10-19(18(28)11-13)29-20(31)12-30-25(32)23-21-14-5-1-2-6-15(14)22(24(23)26(30)33)17-8-4-3-7-16(17)21/h1-11,21-24H,12H2,(H,29,31)/t21?,22?,23-,24-/m0/s1. The molecule has 3 aromatic carbocycles. The van der Waals surface area contributed by atoms with Crippen LogP contribution in [0.25, 0.3) is 0 Å². The van der Waals surface area contributed by atoms with Crippen LogP contribution in [0.4, 0.5) is 5.69 Å². The van der Waals surface area contributed by atoms with Crippen molar-refractivity contribution >= 4 is 46.6 Å². The number of likely N-dealkylation sites (tertiary alicyclic amines) is 1. The Kier molecular flexibility index (Phi) is 4.61. The zero-order valence-corrected chi connectivity index (χ0v) is 18.8. The van der Waals surface area contributed by atoms with Gasteiger partial charge in [-0.3, -0.25) is 19.3 Å². The fraction of sp³-hybridized carbons (Fsp3) is 0.192. The number of carbonyl (C=O) groups is 3. The van der Waals surface area contributed by atoms with Crippen LogP contribution in [0.5, 0.6) is 0 Å². The quantitative estimate of drug-likeness (QED) is 0.550. The highest BCUT2D eigenvalue weighted by Gasteiger charge is 2.61. The lowest BCUT2D eigenvalue weighted by Gasteiger charge is -2.45. The molecule has 2 bridgehead atoms. The van der Waals surface area contributed by atoms with Gasteiger partial charge in [0.15, 0.2) is 0 Å². The van der Waals surface area contributed by atoms with Crippen LogP contribution in [0, 0.1) is 11.8 Å². The van der Waals surface area contributed by atoms with Crippen LogP contribution in [-0.4, -0.2) is 29.2 Å². The van der Waals surface area contributed by atoms with Gasteiger partial charge in [0.2, 0.25) is 17.7 Å². The fourth-order valence-corrected chi connectivity index (χ4v) is 6.27. The van der Waals surface area contributed by atoms with Gasteiger partial charge in [0, 0.05) is 16.9 Å². The number of benzene rings is 3. The molecule has 1 N–H and O–H groups in total. The number of nitrogens with zero attached hydrogens (tertiary/aromatic N) is 1. The van der Waals surface area contributed by atoms with Crippen molar-refractivity contribution in [1.29, 1.82) is 0 Å². The third kappa shape index (κ3) is 2.96. The van der Waals surface area contributed by atoms with Crippen LogP contribution in [0.2, 0.25) is 10.0 Å². The minimum Gasteiger partial charge on any atom is -0.323 e. The second kappa shape index (κ2) is 7.44. The molecule has 33 heavy (non-hydrogen) atoms. The first-order chi connectivity index (χ1) is 16.0. The SMILES string of the molecule is O=C(CN1C(=O)[C@H]2C3c4ccccc4C(c4ccccc43)[C@@H]2C1=O)Nc1ccc(Cl)cc1Cl. The summed E-state index contributed by atoms with van der Waals surface area (Å²) in [6.45, 7) is -0.351. The van der Waals surface area contributed by atoms with Gasteiger partial charge < -0.3 is 5.32 Å². The van der Waals surface area contributed by atoms with E-state index >= 15 is 0 Å². The van der Waals surface area contributed by atoms with E-state index in [-0.39, 0.29) is 35.2 Å². The number of hydrogen-bond acceptors (Lipinski definition) is 3. The van der Waals surface area contributed by atoms with Crippen molar-refractivity contribution in [2.75, 3.05) is 11.9 Å². The van der Waals surface area contributed by atoms with Gasteiger partial charge in [0.25, 0.3) is 0 Å². The molecule has 0 saturated carbocycles. The molecule has 0 aromatic heterocycles. The average Bonchev–Trinajstić information content (AvgIpc) is 3.06. The minimum atomic E-state index is -0.501. The van der Waals surface area contributed by atoms with Gasteiger partial charge >= 0.3 is 0 Å². The summed E-state index contributed by atoms with van der Waals surface area (Å²) in [5, 5.41) is 3.41. The number of amides is 3. The summed E-state index contributed by atoms with van der Waals surface area (Å²) in [6, 6.07) is 20.8. The number of hydrogen-bond donors (Lipinski definition) is 1. The van der Waals surface area contributed by atoms with Crippen LogP contribution in [0.1, 0.15) is 34.1 Å². The Morgan fingerprint density at radius 1 is 0.788 bits per heavy atom. The van der Waals surface area contributed by atoms with Gasteiger partial charge in [0.1, 0.15) is 6.54 Å². The monoisotopic (exact) mass is 476 g/mol. The second-order valence-corrected chi connectivity index (χ2v) is 9.54. The predicted molar refractivity (Wildman–Crippen MR) is 125 cm³/mol. The number of carbonyl (C=O) groups excluding carboxylic acids is 3. The van der Waals surface area contributed by atoms with Crippen molar-refractivity contribution in [2.45, 2.75) is 11.8 Å². The maximum absolute atomic E-state index is 13.5. The summed E-state index contributed by atoms with van der Waals surface area (Å²) in [7, 11) is 0. The van der Waals surface area contributed by atoms with E-state index in [1.54, 1.807) is 12.1 Å². The Morgan fingerprint density at radius 2 is 1.27 bits per heavy atom. The molecule has 7 rings (SSSR count).